The summed E-state index contributed by atoms with van der Waals surface area (Å²) in [4.78, 5) is 8.65. The molecule has 1 aliphatic rings. The van der Waals surface area contributed by atoms with Gasteiger partial charge in [0.2, 0.25) is 0 Å². The van der Waals surface area contributed by atoms with E-state index < -0.39 is 0 Å². The number of hydrogen-bond acceptors (Lipinski definition) is 2. The maximum atomic E-state index is 4.56. The molecule has 0 bridgehead atoms. The zero-order chi connectivity index (χ0) is 11.9. The van der Waals surface area contributed by atoms with E-state index in [4.69, 9.17) is 0 Å². The fourth-order valence-electron chi connectivity index (χ4n) is 1.58. The van der Waals surface area contributed by atoms with Crippen LogP contribution in [-0.2, 0) is 6.42 Å². The first-order valence-electron chi connectivity index (χ1n) is 6.32. The van der Waals surface area contributed by atoms with E-state index in [1.807, 2.05) is 12.3 Å². The van der Waals surface area contributed by atoms with Crippen molar-refractivity contribution >= 4 is 29.9 Å². The van der Waals surface area contributed by atoms with E-state index in [9.17, 15) is 0 Å². The number of guanidine groups is 1. The van der Waals surface area contributed by atoms with Gasteiger partial charge in [-0.05, 0) is 37.8 Å². The first kappa shape index (κ1) is 15.2. The van der Waals surface area contributed by atoms with E-state index in [-0.39, 0.29) is 24.0 Å². The molecule has 1 fully saturated rings. The number of rotatable bonds is 5. The van der Waals surface area contributed by atoms with Gasteiger partial charge in [-0.2, -0.15) is 0 Å². The Morgan fingerprint density at radius 1 is 1.50 bits per heavy atom. The molecule has 5 heteroatoms. The second kappa shape index (κ2) is 8.29. The van der Waals surface area contributed by atoms with Gasteiger partial charge in [-0.15, -0.1) is 24.0 Å². The molecule has 0 saturated heterocycles. The van der Waals surface area contributed by atoms with E-state index in [0.29, 0.717) is 6.04 Å². The highest BCUT2D eigenvalue weighted by Gasteiger charge is 2.21. The van der Waals surface area contributed by atoms with Crippen molar-refractivity contribution in [2.45, 2.75) is 32.2 Å². The summed E-state index contributed by atoms with van der Waals surface area (Å²) in [5.74, 6) is 0.943. The molecule has 0 unspecified atom stereocenters. The lowest BCUT2D eigenvalue weighted by atomic mass is 10.2. The minimum absolute atomic E-state index is 0. The normalized spacial score (nSPS) is 14.8. The number of nitrogens with zero attached hydrogens (tertiary/aromatic N) is 2. The third-order valence-electron chi connectivity index (χ3n) is 2.66. The van der Waals surface area contributed by atoms with Gasteiger partial charge in [-0.1, -0.05) is 6.07 Å². The van der Waals surface area contributed by atoms with Crippen LogP contribution in [0, 0.1) is 0 Å². The fourth-order valence-corrected chi connectivity index (χ4v) is 1.58. The van der Waals surface area contributed by atoms with Crippen molar-refractivity contribution in [2.75, 3.05) is 13.1 Å². The van der Waals surface area contributed by atoms with Crippen LogP contribution < -0.4 is 10.6 Å². The van der Waals surface area contributed by atoms with E-state index >= 15 is 0 Å². The molecule has 1 saturated carbocycles. The van der Waals surface area contributed by atoms with Crippen molar-refractivity contribution in [1.29, 1.82) is 0 Å². The second-order valence-corrected chi connectivity index (χ2v) is 4.29. The van der Waals surface area contributed by atoms with E-state index in [1.165, 1.54) is 18.4 Å². The van der Waals surface area contributed by atoms with Gasteiger partial charge in [-0.25, -0.2) is 0 Å². The molecule has 0 spiro atoms. The van der Waals surface area contributed by atoms with Crippen LogP contribution >= 0.6 is 24.0 Å². The van der Waals surface area contributed by atoms with Gasteiger partial charge in [0.15, 0.2) is 5.96 Å². The van der Waals surface area contributed by atoms with Crippen LogP contribution in [0.1, 0.15) is 25.3 Å². The van der Waals surface area contributed by atoms with Gasteiger partial charge < -0.3 is 10.6 Å². The summed E-state index contributed by atoms with van der Waals surface area (Å²) in [6, 6.07) is 4.70. The minimum atomic E-state index is 0. The molecule has 18 heavy (non-hydrogen) atoms. The first-order valence-corrected chi connectivity index (χ1v) is 6.32. The minimum Gasteiger partial charge on any atom is -0.357 e. The maximum absolute atomic E-state index is 4.56. The molecule has 0 atom stereocenters. The third-order valence-corrected chi connectivity index (χ3v) is 2.66. The monoisotopic (exact) mass is 360 g/mol. The second-order valence-electron chi connectivity index (χ2n) is 4.29. The van der Waals surface area contributed by atoms with Crippen molar-refractivity contribution in [2.24, 2.45) is 4.99 Å². The highest BCUT2D eigenvalue weighted by atomic mass is 127. The molecule has 0 amide bonds. The Bertz CT molecular complexity index is 363. The summed E-state index contributed by atoms with van der Waals surface area (Å²) in [6.45, 7) is 3.80. The molecule has 100 valence electrons. The first-order chi connectivity index (χ1) is 8.38. The van der Waals surface area contributed by atoms with E-state index in [1.54, 1.807) is 6.20 Å². The lowest BCUT2D eigenvalue weighted by Gasteiger charge is -2.09. The SMILES string of the molecule is CCNC(=NCCc1cccnc1)NC1CC1.I. The third kappa shape index (κ3) is 5.66. The average molecular weight is 360 g/mol. The lowest BCUT2D eigenvalue weighted by molar-refractivity contribution is 0.807. The standard InChI is InChI=1S/C13H20N4.HI/c1-2-15-13(17-12-5-6-12)16-9-7-11-4-3-8-14-10-11;/h3-4,8,10,12H,2,5-7,9H2,1H3,(H2,15,16,17);1H. The Morgan fingerprint density at radius 3 is 2.94 bits per heavy atom. The molecule has 0 aromatic carbocycles. The topological polar surface area (TPSA) is 49.3 Å². The van der Waals surface area contributed by atoms with Gasteiger partial charge in [0.05, 0.1) is 0 Å². The molecule has 1 aliphatic carbocycles. The molecule has 1 heterocycles. The van der Waals surface area contributed by atoms with Gasteiger partial charge >= 0.3 is 0 Å². The predicted molar refractivity (Wildman–Crippen MR) is 85.5 cm³/mol. The highest BCUT2D eigenvalue weighted by molar-refractivity contribution is 14.0. The van der Waals surface area contributed by atoms with Crippen molar-refractivity contribution in [3.63, 3.8) is 0 Å². The molecular formula is C13H21IN4. The molecule has 0 aliphatic heterocycles. The Balaban J connectivity index is 0.00000162. The molecule has 2 N–H and O–H groups in total. The molecule has 1 aromatic rings. The zero-order valence-corrected chi connectivity index (χ0v) is 13.1. The van der Waals surface area contributed by atoms with Crippen LogP contribution in [-0.4, -0.2) is 30.1 Å². The average Bonchev–Trinajstić information content (AvgIpc) is 3.15. The van der Waals surface area contributed by atoms with Gasteiger partial charge in [0.1, 0.15) is 0 Å². The smallest absolute Gasteiger partial charge is 0.191 e. The number of aromatic nitrogens is 1. The van der Waals surface area contributed by atoms with Crippen LogP contribution in [0.4, 0.5) is 0 Å². The largest absolute Gasteiger partial charge is 0.357 e. The number of hydrogen-bond donors (Lipinski definition) is 2. The van der Waals surface area contributed by atoms with Crippen LogP contribution in [0.5, 0.6) is 0 Å². The van der Waals surface area contributed by atoms with Crippen LogP contribution in [0.25, 0.3) is 0 Å². The Hall–Kier alpha value is -0.850. The van der Waals surface area contributed by atoms with E-state index in [0.717, 1.165) is 25.5 Å². The number of aliphatic imine (C=N–C) groups is 1. The molecule has 4 nitrogen and oxygen atoms in total. The highest BCUT2D eigenvalue weighted by Crippen LogP contribution is 2.18. The molecule has 0 radical (unpaired) electrons. The number of nitrogens with one attached hydrogen (secondary N) is 2. The Kier molecular flexibility index (Phi) is 7.00. The number of halogens is 1. The molecule has 1 aromatic heterocycles. The summed E-state index contributed by atoms with van der Waals surface area (Å²) < 4.78 is 0. The van der Waals surface area contributed by atoms with Crippen LogP contribution in [0.15, 0.2) is 29.5 Å². The van der Waals surface area contributed by atoms with Gasteiger partial charge in [0, 0.05) is 31.5 Å². The van der Waals surface area contributed by atoms with Crippen molar-refractivity contribution in [3.8, 4) is 0 Å². The molecule has 2 rings (SSSR count). The molecular weight excluding hydrogens is 339 g/mol. The maximum Gasteiger partial charge on any atom is 0.191 e. The van der Waals surface area contributed by atoms with Crippen LogP contribution in [0.2, 0.25) is 0 Å². The Morgan fingerprint density at radius 2 is 2.33 bits per heavy atom. The zero-order valence-electron chi connectivity index (χ0n) is 10.7. The quantitative estimate of drug-likeness (QED) is 0.480. The lowest BCUT2D eigenvalue weighted by Crippen LogP contribution is -2.38. The summed E-state index contributed by atoms with van der Waals surface area (Å²) in [7, 11) is 0. The number of pyridine rings is 1. The summed E-state index contributed by atoms with van der Waals surface area (Å²) >= 11 is 0. The summed E-state index contributed by atoms with van der Waals surface area (Å²) in [6.07, 6.45) is 7.18. The summed E-state index contributed by atoms with van der Waals surface area (Å²) in [5.41, 5.74) is 1.23. The van der Waals surface area contributed by atoms with Crippen molar-refractivity contribution in [1.82, 2.24) is 15.6 Å². The van der Waals surface area contributed by atoms with Crippen molar-refractivity contribution in [3.05, 3.63) is 30.1 Å². The van der Waals surface area contributed by atoms with E-state index in [2.05, 4.69) is 33.6 Å². The Labute approximate surface area is 126 Å². The van der Waals surface area contributed by atoms with Crippen molar-refractivity contribution < 1.29 is 0 Å². The van der Waals surface area contributed by atoms with Gasteiger partial charge in [0.25, 0.3) is 0 Å². The summed E-state index contributed by atoms with van der Waals surface area (Å²) in [5, 5.41) is 6.66. The van der Waals surface area contributed by atoms with Gasteiger partial charge in [-0.3, -0.25) is 9.98 Å². The fraction of sp³-hybridized carbons (Fsp3) is 0.538. The predicted octanol–water partition coefficient (Wildman–Crippen LogP) is 1.96. The van der Waals surface area contributed by atoms with Crippen LogP contribution in [0.3, 0.4) is 0 Å².